The molecule has 31 heavy (non-hydrogen) atoms. The molecule has 3 N–H and O–H groups in total. The quantitative estimate of drug-likeness (QED) is 0.470. The summed E-state index contributed by atoms with van der Waals surface area (Å²) in [6, 6.07) is 17.6. The molecule has 0 bridgehead atoms. The number of nitrogens with one attached hydrogen (secondary N) is 3. The van der Waals surface area contributed by atoms with Gasteiger partial charge in [-0.05, 0) is 61.0 Å². The van der Waals surface area contributed by atoms with Crippen molar-refractivity contribution in [3.8, 4) is 5.75 Å². The second-order valence-corrected chi connectivity index (χ2v) is 8.49. The Labute approximate surface area is 181 Å². The Kier molecular flexibility index (Phi) is 7.09. The molecule has 3 rings (SSSR count). The molecule has 0 aliphatic heterocycles. The molecule has 3 aromatic rings. The van der Waals surface area contributed by atoms with Crippen LogP contribution in [0.4, 0.5) is 17.2 Å². The number of nitrogens with zero attached hydrogens (tertiary/aromatic N) is 1. The summed E-state index contributed by atoms with van der Waals surface area (Å²) in [5.41, 5.74) is 2.36. The van der Waals surface area contributed by atoms with Gasteiger partial charge in [0.05, 0.1) is 18.4 Å². The predicted octanol–water partition coefficient (Wildman–Crippen LogP) is 3.53. The van der Waals surface area contributed by atoms with E-state index in [9.17, 15) is 13.2 Å². The lowest BCUT2D eigenvalue weighted by molar-refractivity contribution is 0.0951. The zero-order chi connectivity index (χ0) is 22.3. The largest absolute Gasteiger partial charge is 0.494 e. The van der Waals surface area contributed by atoms with Gasteiger partial charge in [-0.3, -0.25) is 9.52 Å². The van der Waals surface area contributed by atoms with Crippen molar-refractivity contribution in [2.75, 3.05) is 22.9 Å². The van der Waals surface area contributed by atoms with Crippen LogP contribution in [0.1, 0.15) is 22.8 Å². The van der Waals surface area contributed by atoms with Crippen LogP contribution in [-0.4, -0.2) is 32.2 Å². The number of hydrogen-bond acceptors (Lipinski definition) is 6. The first-order valence-electron chi connectivity index (χ1n) is 9.64. The average molecular weight is 441 g/mol. The molecule has 0 unspecified atom stereocenters. The number of sulfonamides is 1. The summed E-state index contributed by atoms with van der Waals surface area (Å²) >= 11 is 0. The minimum atomic E-state index is -3.37. The number of anilines is 3. The standard InChI is InChI=1S/C22H24N4O4S/c1-3-30-19-11-9-17(10-12-19)25-21-20(8-5-13-23-21)22(27)24-15-16-6-4-7-18(14-16)26-31(2,28)29/h4-14,26H,3,15H2,1-2H3,(H,23,25)(H,24,27). The summed E-state index contributed by atoms with van der Waals surface area (Å²) in [6.07, 6.45) is 2.69. The van der Waals surface area contributed by atoms with Crippen LogP contribution in [-0.2, 0) is 16.6 Å². The third kappa shape index (κ3) is 6.71. The summed E-state index contributed by atoms with van der Waals surface area (Å²) < 4.78 is 30.7. The summed E-state index contributed by atoms with van der Waals surface area (Å²) in [6.45, 7) is 2.74. The average Bonchev–Trinajstić information content (AvgIpc) is 2.73. The number of ether oxygens (including phenoxy) is 1. The van der Waals surface area contributed by atoms with Crippen LogP contribution >= 0.6 is 0 Å². The first kappa shape index (κ1) is 22.1. The zero-order valence-corrected chi connectivity index (χ0v) is 18.1. The fourth-order valence-corrected chi connectivity index (χ4v) is 3.42. The summed E-state index contributed by atoms with van der Waals surface area (Å²) in [5, 5.41) is 5.99. The molecule has 162 valence electrons. The van der Waals surface area contributed by atoms with Crippen molar-refractivity contribution in [2.24, 2.45) is 0 Å². The molecule has 1 amide bonds. The summed E-state index contributed by atoms with van der Waals surface area (Å²) in [7, 11) is -3.37. The summed E-state index contributed by atoms with van der Waals surface area (Å²) in [4.78, 5) is 17.0. The van der Waals surface area contributed by atoms with Gasteiger partial charge < -0.3 is 15.4 Å². The van der Waals surface area contributed by atoms with E-state index in [1.807, 2.05) is 31.2 Å². The maximum absolute atomic E-state index is 12.8. The monoisotopic (exact) mass is 440 g/mol. The maximum atomic E-state index is 12.8. The lowest BCUT2D eigenvalue weighted by Gasteiger charge is -2.12. The minimum absolute atomic E-state index is 0.232. The third-order valence-electron chi connectivity index (χ3n) is 4.16. The summed E-state index contributed by atoms with van der Waals surface area (Å²) in [5.74, 6) is 0.888. The molecule has 0 aliphatic carbocycles. The first-order valence-corrected chi connectivity index (χ1v) is 11.5. The molecular weight excluding hydrogens is 416 g/mol. The van der Waals surface area contributed by atoms with E-state index in [0.717, 1.165) is 23.3 Å². The number of rotatable bonds is 9. The Bertz CT molecular complexity index is 1150. The molecule has 8 nitrogen and oxygen atoms in total. The molecule has 0 spiro atoms. The van der Waals surface area contributed by atoms with E-state index in [1.54, 1.807) is 42.6 Å². The number of amides is 1. The Balaban J connectivity index is 1.68. The Morgan fingerprint density at radius 2 is 1.81 bits per heavy atom. The van der Waals surface area contributed by atoms with Crippen LogP contribution in [0.15, 0.2) is 66.9 Å². The number of carbonyl (C=O) groups is 1. The van der Waals surface area contributed by atoms with Crippen molar-refractivity contribution in [3.05, 3.63) is 78.0 Å². The number of pyridine rings is 1. The van der Waals surface area contributed by atoms with E-state index in [0.29, 0.717) is 23.7 Å². The second kappa shape index (κ2) is 9.94. The van der Waals surface area contributed by atoms with Crippen molar-refractivity contribution in [3.63, 3.8) is 0 Å². The van der Waals surface area contributed by atoms with E-state index in [2.05, 4.69) is 20.3 Å². The zero-order valence-electron chi connectivity index (χ0n) is 17.3. The van der Waals surface area contributed by atoms with Crippen LogP contribution in [0, 0.1) is 0 Å². The van der Waals surface area contributed by atoms with Gasteiger partial charge in [-0.1, -0.05) is 12.1 Å². The van der Waals surface area contributed by atoms with Crippen molar-refractivity contribution < 1.29 is 17.9 Å². The van der Waals surface area contributed by atoms with Crippen LogP contribution in [0.2, 0.25) is 0 Å². The molecule has 1 aromatic heterocycles. The van der Waals surface area contributed by atoms with E-state index in [4.69, 9.17) is 4.74 Å². The van der Waals surface area contributed by atoms with Crippen LogP contribution < -0.4 is 20.1 Å². The number of hydrogen-bond donors (Lipinski definition) is 3. The molecule has 0 saturated heterocycles. The number of aromatic nitrogens is 1. The van der Waals surface area contributed by atoms with Gasteiger partial charge in [0.2, 0.25) is 10.0 Å². The Morgan fingerprint density at radius 1 is 1.03 bits per heavy atom. The second-order valence-electron chi connectivity index (χ2n) is 6.74. The molecular formula is C22H24N4O4S. The Hall–Kier alpha value is -3.59. The molecule has 0 aliphatic rings. The smallest absolute Gasteiger partial charge is 0.255 e. The maximum Gasteiger partial charge on any atom is 0.255 e. The SMILES string of the molecule is CCOc1ccc(Nc2ncccc2C(=O)NCc2cccc(NS(C)(=O)=O)c2)cc1. The van der Waals surface area contributed by atoms with Gasteiger partial charge in [-0.25, -0.2) is 13.4 Å². The third-order valence-corrected chi connectivity index (χ3v) is 4.77. The lowest BCUT2D eigenvalue weighted by atomic mass is 10.2. The highest BCUT2D eigenvalue weighted by Gasteiger charge is 2.13. The van der Waals surface area contributed by atoms with E-state index in [-0.39, 0.29) is 12.5 Å². The van der Waals surface area contributed by atoms with Gasteiger partial charge in [-0.15, -0.1) is 0 Å². The van der Waals surface area contributed by atoms with Crippen LogP contribution in [0.5, 0.6) is 5.75 Å². The molecule has 1 heterocycles. The van der Waals surface area contributed by atoms with Crippen molar-refractivity contribution in [2.45, 2.75) is 13.5 Å². The number of benzene rings is 2. The fraction of sp³-hybridized carbons (Fsp3) is 0.182. The van der Waals surface area contributed by atoms with Gasteiger partial charge in [0, 0.05) is 24.1 Å². The molecule has 0 atom stereocenters. The van der Waals surface area contributed by atoms with Gasteiger partial charge in [-0.2, -0.15) is 0 Å². The van der Waals surface area contributed by atoms with Crippen molar-refractivity contribution in [1.82, 2.24) is 10.3 Å². The van der Waals surface area contributed by atoms with E-state index in [1.165, 1.54) is 0 Å². The fourth-order valence-electron chi connectivity index (χ4n) is 2.86. The highest BCUT2D eigenvalue weighted by atomic mass is 32.2. The minimum Gasteiger partial charge on any atom is -0.494 e. The van der Waals surface area contributed by atoms with Gasteiger partial charge in [0.15, 0.2) is 0 Å². The van der Waals surface area contributed by atoms with Gasteiger partial charge in [0.1, 0.15) is 11.6 Å². The highest BCUT2D eigenvalue weighted by molar-refractivity contribution is 7.92. The van der Waals surface area contributed by atoms with Crippen LogP contribution in [0.3, 0.4) is 0 Å². The molecule has 2 aromatic carbocycles. The van der Waals surface area contributed by atoms with E-state index >= 15 is 0 Å². The van der Waals surface area contributed by atoms with Gasteiger partial charge >= 0.3 is 0 Å². The topological polar surface area (TPSA) is 109 Å². The highest BCUT2D eigenvalue weighted by Crippen LogP contribution is 2.21. The Morgan fingerprint density at radius 3 is 2.52 bits per heavy atom. The lowest BCUT2D eigenvalue weighted by Crippen LogP contribution is -2.24. The molecule has 0 fully saturated rings. The predicted molar refractivity (Wildman–Crippen MR) is 121 cm³/mol. The molecule has 0 radical (unpaired) electrons. The van der Waals surface area contributed by atoms with Gasteiger partial charge in [0.25, 0.3) is 5.91 Å². The van der Waals surface area contributed by atoms with Crippen molar-refractivity contribution >= 4 is 33.1 Å². The van der Waals surface area contributed by atoms with E-state index < -0.39 is 10.0 Å². The van der Waals surface area contributed by atoms with Crippen LogP contribution in [0.25, 0.3) is 0 Å². The molecule has 0 saturated carbocycles. The first-order chi connectivity index (χ1) is 14.8. The number of carbonyl (C=O) groups excluding carboxylic acids is 1. The van der Waals surface area contributed by atoms with Crippen molar-refractivity contribution in [1.29, 1.82) is 0 Å². The normalized spacial score (nSPS) is 10.9. The molecule has 9 heteroatoms.